The quantitative estimate of drug-likeness (QED) is 0.372. The molecule has 6 heteroatoms. The van der Waals surface area contributed by atoms with Gasteiger partial charge in [-0.2, -0.15) is 0 Å². The summed E-state index contributed by atoms with van der Waals surface area (Å²) in [6.45, 7) is 8.15. The van der Waals surface area contributed by atoms with Crippen molar-refractivity contribution in [3.05, 3.63) is 0 Å². The Morgan fingerprint density at radius 3 is 2.05 bits per heavy atom. The van der Waals surface area contributed by atoms with Crippen LogP contribution in [0.4, 0.5) is 0 Å². The van der Waals surface area contributed by atoms with Crippen LogP contribution in [0.2, 0.25) is 0 Å². The topological polar surface area (TPSA) is 57.2 Å². The number of methoxy groups -OCH3 is 2. The van der Waals surface area contributed by atoms with E-state index in [2.05, 4.69) is 4.90 Å². The van der Waals surface area contributed by atoms with Gasteiger partial charge in [-0.05, 0) is 13.8 Å². The Bertz CT molecular complexity index is 228. The summed E-state index contributed by atoms with van der Waals surface area (Å²) in [5.41, 5.74) is 0. The molecule has 0 aromatic heterocycles. The van der Waals surface area contributed by atoms with Gasteiger partial charge in [-0.1, -0.05) is 0 Å². The molecule has 0 unspecified atom stereocenters. The lowest BCUT2D eigenvalue weighted by Crippen LogP contribution is -2.33. The zero-order valence-corrected chi connectivity index (χ0v) is 13.2. The Kier molecular flexibility index (Phi) is 12.8. The van der Waals surface area contributed by atoms with E-state index in [1.165, 1.54) is 0 Å². The first-order valence-electron chi connectivity index (χ1n) is 7.07. The average Bonchev–Trinajstić information content (AvgIpc) is 2.42. The van der Waals surface area contributed by atoms with Crippen molar-refractivity contribution < 1.29 is 23.7 Å². The van der Waals surface area contributed by atoms with E-state index >= 15 is 0 Å². The molecule has 0 heterocycles. The summed E-state index contributed by atoms with van der Waals surface area (Å²) < 4.78 is 20.5. The van der Waals surface area contributed by atoms with E-state index in [1.807, 2.05) is 13.8 Å². The molecule has 20 heavy (non-hydrogen) atoms. The van der Waals surface area contributed by atoms with E-state index in [4.69, 9.17) is 18.9 Å². The molecule has 0 aromatic rings. The van der Waals surface area contributed by atoms with Crippen LogP contribution >= 0.6 is 0 Å². The molecular weight excluding hydrogens is 262 g/mol. The summed E-state index contributed by atoms with van der Waals surface area (Å²) in [5, 5.41) is 0. The fourth-order valence-corrected chi connectivity index (χ4v) is 1.54. The maximum absolute atomic E-state index is 11.6. The van der Waals surface area contributed by atoms with Gasteiger partial charge in [-0.3, -0.25) is 9.69 Å². The zero-order valence-electron chi connectivity index (χ0n) is 13.2. The minimum atomic E-state index is -0.197. The normalized spacial score (nSPS) is 11.3. The molecule has 0 N–H and O–H groups in total. The first-order chi connectivity index (χ1) is 9.60. The van der Waals surface area contributed by atoms with Crippen LogP contribution in [0, 0.1) is 0 Å². The molecule has 0 saturated heterocycles. The molecule has 0 fully saturated rings. The van der Waals surface area contributed by atoms with Gasteiger partial charge in [-0.15, -0.1) is 0 Å². The van der Waals surface area contributed by atoms with Gasteiger partial charge < -0.3 is 18.9 Å². The third-order valence-electron chi connectivity index (χ3n) is 2.65. The average molecular weight is 291 g/mol. The minimum Gasteiger partial charge on any atom is -0.463 e. The standard InChI is InChI=1S/C14H29NO5/c1-13(2)19-11-12-20-14(16)5-6-15(7-9-17-3)8-10-18-4/h13H,5-12H2,1-4H3. The largest absolute Gasteiger partial charge is 0.463 e. The molecule has 0 aliphatic rings. The number of rotatable bonds is 13. The first-order valence-corrected chi connectivity index (χ1v) is 7.07. The van der Waals surface area contributed by atoms with Gasteiger partial charge in [0.1, 0.15) is 6.61 Å². The maximum Gasteiger partial charge on any atom is 0.307 e. The highest BCUT2D eigenvalue weighted by atomic mass is 16.6. The Labute approximate surface area is 122 Å². The second kappa shape index (κ2) is 13.3. The third-order valence-corrected chi connectivity index (χ3v) is 2.65. The molecule has 0 saturated carbocycles. The number of hydrogen-bond donors (Lipinski definition) is 0. The molecule has 0 aromatic carbocycles. The Morgan fingerprint density at radius 1 is 0.950 bits per heavy atom. The second-order valence-corrected chi connectivity index (χ2v) is 4.72. The van der Waals surface area contributed by atoms with Crippen molar-refractivity contribution in [2.45, 2.75) is 26.4 Å². The van der Waals surface area contributed by atoms with E-state index < -0.39 is 0 Å². The van der Waals surface area contributed by atoms with Crippen molar-refractivity contribution in [1.82, 2.24) is 4.90 Å². The van der Waals surface area contributed by atoms with Crippen LogP contribution in [0.1, 0.15) is 20.3 Å². The van der Waals surface area contributed by atoms with Crippen LogP contribution in [-0.4, -0.2) is 77.3 Å². The summed E-state index contributed by atoms with van der Waals surface area (Å²) in [7, 11) is 3.33. The molecule has 0 aliphatic carbocycles. The van der Waals surface area contributed by atoms with Crippen LogP contribution in [-0.2, 0) is 23.7 Å². The number of nitrogens with zero attached hydrogens (tertiary/aromatic N) is 1. The molecule has 120 valence electrons. The van der Waals surface area contributed by atoms with Crippen molar-refractivity contribution in [3.8, 4) is 0 Å². The Morgan fingerprint density at radius 2 is 1.55 bits per heavy atom. The summed E-state index contributed by atoms with van der Waals surface area (Å²) >= 11 is 0. The SMILES string of the molecule is COCCN(CCOC)CCC(=O)OCCOC(C)C. The second-order valence-electron chi connectivity index (χ2n) is 4.72. The number of ether oxygens (including phenoxy) is 4. The number of carbonyl (C=O) groups is 1. The molecule has 0 rings (SSSR count). The van der Waals surface area contributed by atoms with Gasteiger partial charge in [-0.25, -0.2) is 0 Å². The molecule has 0 amide bonds. The van der Waals surface area contributed by atoms with Gasteiger partial charge >= 0.3 is 5.97 Å². The fourth-order valence-electron chi connectivity index (χ4n) is 1.54. The van der Waals surface area contributed by atoms with Crippen LogP contribution in [0.25, 0.3) is 0 Å². The summed E-state index contributed by atoms with van der Waals surface area (Å²) in [6.07, 6.45) is 0.530. The lowest BCUT2D eigenvalue weighted by atomic mass is 10.3. The summed E-state index contributed by atoms with van der Waals surface area (Å²) in [6, 6.07) is 0. The highest BCUT2D eigenvalue weighted by Gasteiger charge is 2.09. The maximum atomic E-state index is 11.6. The van der Waals surface area contributed by atoms with Gasteiger partial charge in [0, 0.05) is 33.9 Å². The molecular formula is C14H29NO5. The smallest absolute Gasteiger partial charge is 0.307 e. The van der Waals surface area contributed by atoms with Crippen molar-refractivity contribution in [1.29, 1.82) is 0 Å². The van der Waals surface area contributed by atoms with Gasteiger partial charge in [0.2, 0.25) is 0 Å². The van der Waals surface area contributed by atoms with Crippen LogP contribution in [0.15, 0.2) is 0 Å². The van der Waals surface area contributed by atoms with Crippen molar-refractivity contribution in [2.75, 3.05) is 60.3 Å². The third kappa shape index (κ3) is 12.3. The zero-order chi connectivity index (χ0) is 15.2. The monoisotopic (exact) mass is 291 g/mol. The highest BCUT2D eigenvalue weighted by molar-refractivity contribution is 5.69. The van der Waals surface area contributed by atoms with Crippen molar-refractivity contribution in [2.24, 2.45) is 0 Å². The van der Waals surface area contributed by atoms with E-state index in [1.54, 1.807) is 14.2 Å². The van der Waals surface area contributed by atoms with E-state index in [0.717, 1.165) is 13.1 Å². The van der Waals surface area contributed by atoms with Gasteiger partial charge in [0.25, 0.3) is 0 Å². The van der Waals surface area contributed by atoms with Crippen LogP contribution < -0.4 is 0 Å². The number of carbonyl (C=O) groups excluding carboxylic acids is 1. The molecule has 0 radical (unpaired) electrons. The molecule has 0 atom stereocenters. The Hall–Kier alpha value is -0.690. The highest BCUT2D eigenvalue weighted by Crippen LogP contribution is 1.96. The lowest BCUT2D eigenvalue weighted by Gasteiger charge is -2.21. The molecule has 0 bridgehead atoms. The molecule has 0 aliphatic heterocycles. The first kappa shape index (κ1) is 19.3. The molecule has 6 nitrogen and oxygen atoms in total. The van der Waals surface area contributed by atoms with E-state index in [-0.39, 0.29) is 12.1 Å². The van der Waals surface area contributed by atoms with Crippen LogP contribution in [0.3, 0.4) is 0 Å². The van der Waals surface area contributed by atoms with Gasteiger partial charge in [0.05, 0.1) is 32.3 Å². The summed E-state index contributed by atoms with van der Waals surface area (Å²) in [5.74, 6) is -0.197. The number of esters is 1. The summed E-state index contributed by atoms with van der Waals surface area (Å²) in [4.78, 5) is 13.7. The van der Waals surface area contributed by atoms with Crippen molar-refractivity contribution in [3.63, 3.8) is 0 Å². The van der Waals surface area contributed by atoms with E-state index in [0.29, 0.717) is 39.4 Å². The number of hydrogen-bond acceptors (Lipinski definition) is 6. The fraction of sp³-hybridized carbons (Fsp3) is 0.929. The minimum absolute atomic E-state index is 0.160. The van der Waals surface area contributed by atoms with E-state index in [9.17, 15) is 4.79 Å². The predicted molar refractivity (Wildman–Crippen MR) is 76.9 cm³/mol. The molecule has 0 spiro atoms. The predicted octanol–water partition coefficient (Wildman–Crippen LogP) is 0.940. The Balaban J connectivity index is 3.73. The van der Waals surface area contributed by atoms with Gasteiger partial charge in [0.15, 0.2) is 0 Å². The van der Waals surface area contributed by atoms with Crippen molar-refractivity contribution >= 4 is 5.97 Å². The van der Waals surface area contributed by atoms with Crippen LogP contribution in [0.5, 0.6) is 0 Å². The lowest BCUT2D eigenvalue weighted by molar-refractivity contribution is -0.146.